The summed E-state index contributed by atoms with van der Waals surface area (Å²) in [5, 5.41) is 13.1. The topological polar surface area (TPSA) is 90.8 Å². The van der Waals surface area contributed by atoms with Crippen LogP contribution in [0.5, 0.6) is 5.75 Å². The number of carbonyl (C=O) groups is 1. The summed E-state index contributed by atoms with van der Waals surface area (Å²) in [4.78, 5) is 24.5. The molecule has 1 amide bonds. The third kappa shape index (κ3) is 5.47. The summed E-state index contributed by atoms with van der Waals surface area (Å²) in [5.41, 5.74) is 0.555. The molecule has 3 heterocycles. The van der Waals surface area contributed by atoms with Crippen LogP contribution in [0, 0.1) is 0 Å². The Morgan fingerprint density at radius 1 is 1.18 bits per heavy atom. The summed E-state index contributed by atoms with van der Waals surface area (Å²) in [5.74, 6) is -0.292. The van der Waals surface area contributed by atoms with E-state index < -0.39 is 12.0 Å². The zero-order valence-electron chi connectivity index (χ0n) is 18.4. The molecule has 1 unspecified atom stereocenters. The highest BCUT2D eigenvalue weighted by atomic mass is 19.4. The molecular weight excluding hydrogens is 439 g/mol. The Kier molecular flexibility index (Phi) is 6.08. The van der Waals surface area contributed by atoms with Crippen LogP contribution in [0.25, 0.3) is 0 Å². The highest BCUT2D eigenvalue weighted by molar-refractivity contribution is 5.94. The number of nitrogens with one attached hydrogen (secondary N) is 1. The molecule has 1 aromatic heterocycles. The lowest BCUT2D eigenvalue weighted by Crippen LogP contribution is -2.60. The number of likely N-dealkylation sites (tertiary alicyclic amines) is 1. The van der Waals surface area contributed by atoms with E-state index in [9.17, 15) is 23.1 Å². The second kappa shape index (κ2) is 8.69. The Bertz CT molecular complexity index is 1000. The zero-order valence-corrected chi connectivity index (χ0v) is 18.4. The van der Waals surface area contributed by atoms with Gasteiger partial charge < -0.3 is 25.0 Å². The number of carbonyl (C=O) groups excluding carboxylic acids is 1. The zero-order chi connectivity index (χ0) is 23.8. The van der Waals surface area contributed by atoms with Crippen LogP contribution in [0.1, 0.15) is 42.6 Å². The fraction of sp³-hybridized carbons (Fsp3) is 0.500. The average Bonchev–Trinajstić information content (AvgIpc) is 2.61. The van der Waals surface area contributed by atoms with Gasteiger partial charge in [-0.1, -0.05) is 0 Å². The summed E-state index contributed by atoms with van der Waals surface area (Å²) in [6.45, 7) is 5.64. The summed E-state index contributed by atoms with van der Waals surface area (Å²) >= 11 is 0. The number of benzene rings is 1. The van der Waals surface area contributed by atoms with Crippen molar-refractivity contribution in [2.75, 3.05) is 29.9 Å². The third-order valence-corrected chi connectivity index (χ3v) is 5.85. The van der Waals surface area contributed by atoms with Crippen molar-refractivity contribution < 1.29 is 27.8 Å². The number of amides is 1. The Labute approximate surface area is 189 Å². The molecular formula is C22H26F3N5O3. The predicted octanol–water partition coefficient (Wildman–Crippen LogP) is 3.18. The van der Waals surface area contributed by atoms with Crippen molar-refractivity contribution in [2.45, 2.75) is 51.2 Å². The van der Waals surface area contributed by atoms with E-state index in [0.29, 0.717) is 23.4 Å². The maximum absolute atomic E-state index is 12.7. The van der Waals surface area contributed by atoms with Gasteiger partial charge in [0, 0.05) is 50.3 Å². The lowest BCUT2D eigenvalue weighted by molar-refractivity contribution is -0.274. The smallest absolute Gasteiger partial charge is 0.406 e. The fourth-order valence-corrected chi connectivity index (χ4v) is 3.94. The SMILES string of the molecule is CC(C)(O)C1CCN1C(=O)c1cnc(NCc2cc(OC(F)(F)F)cc(N3CCC3)c2)nc1. The van der Waals surface area contributed by atoms with Gasteiger partial charge in [0.25, 0.3) is 5.91 Å². The standard InChI is InChI=1S/C22H26F3N5O3/c1-21(2,32)18-4-7-30(18)19(31)15-12-27-20(28-13-15)26-11-14-8-16(29-5-3-6-29)10-17(9-14)33-22(23,24)25/h8-10,12-13,18,32H,3-7,11H2,1-2H3,(H,26,27,28). The monoisotopic (exact) mass is 465 g/mol. The van der Waals surface area contributed by atoms with Crippen molar-refractivity contribution >= 4 is 17.5 Å². The lowest BCUT2D eigenvalue weighted by atomic mass is 9.87. The summed E-state index contributed by atoms with van der Waals surface area (Å²) in [6.07, 6.45) is -0.264. The lowest BCUT2D eigenvalue weighted by Gasteiger charge is -2.47. The number of halogens is 3. The number of hydrogen-bond donors (Lipinski definition) is 2. The molecule has 0 spiro atoms. The first-order valence-electron chi connectivity index (χ1n) is 10.7. The van der Waals surface area contributed by atoms with Crippen LogP contribution < -0.4 is 15.0 Å². The Morgan fingerprint density at radius 3 is 2.39 bits per heavy atom. The van der Waals surface area contributed by atoms with E-state index >= 15 is 0 Å². The molecule has 2 N–H and O–H groups in total. The van der Waals surface area contributed by atoms with Gasteiger partial charge >= 0.3 is 6.36 Å². The molecule has 178 valence electrons. The molecule has 4 rings (SSSR count). The van der Waals surface area contributed by atoms with Crippen LogP contribution in [-0.4, -0.2) is 63.5 Å². The van der Waals surface area contributed by atoms with E-state index in [2.05, 4.69) is 20.0 Å². The van der Waals surface area contributed by atoms with Crippen LogP contribution in [0.15, 0.2) is 30.6 Å². The Morgan fingerprint density at radius 2 is 1.88 bits per heavy atom. The molecule has 0 aliphatic carbocycles. The summed E-state index contributed by atoms with van der Waals surface area (Å²) < 4.78 is 42.3. The van der Waals surface area contributed by atoms with Crippen molar-refractivity contribution in [2.24, 2.45) is 0 Å². The van der Waals surface area contributed by atoms with Gasteiger partial charge in [-0.05, 0) is 44.4 Å². The van der Waals surface area contributed by atoms with Gasteiger partial charge in [0.05, 0.1) is 17.2 Å². The number of hydrogen-bond acceptors (Lipinski definition) is 7. The first kappa shape index (κ1) is 23.1. The van der Waals surface area contributed by atoms with E-state index in [0.717, 1.165) is 25.9 Å². The predicted molar refractivity (Wildman–Crippen MR) is 115 cm³/mol. The maximum atomic E-state index is 12.7. The molecule has 1 atom stereocenters. The number of nitrogens with zero attached hydrogens (tertiary/aromatic N) is 4. The molecule has 2 aromatic rings. The first-order chi connectivity index (χ1) is 15.5. The van der Waals surface area contributed by atoms with Crippen molar-refractivity contribution in [1.29, 1.82) is 0 Å². The molecule has 0 bridgehead atoms. The minimum atomic E-state index is -4.77. The van der Waals surface area contributed by atoms with E-state index in [4.69, 9.17) is 0 Å². The number of aromatic nitrogens is 2. The van der Waals surface area contributed by atoms with Gasteiger partial charge in [0.2, 0.25) is 5.95 Å². The van der Waals surface area contributed by atoms with E-state index in [1.807, 2.05) is 4.90 Å². The number of rotatable bonds is 7. The second-order valence-electron chi connectivity index (χ2n) is 8.83. The molecule has 0 radical (unpaired) electrons. The third-order valence-electron chi connectivity index (χ3n) is 5.85. The molecule has 2 aliphatic rings. The molecule has 11 heteroatoms. The molecule has 8 nitrogen and oxygen atoms in total. The van der Waals surface area contributed by atoms with Crippen molar-refractivity contribution in [3.63, 3.8) is 0 Å². The van der Waals surface area contributed by atoms with Crippen molar-refractivity contribution in [3.05, 3.63) is 41.7 Å². The normalized spacial score (nSPS) is 18.4. The van der Waals surface area contributed by atoms with Gasteiger partial charge in [-0.3, -0.25) is 4.79 Å². The van der Waals surface area contributed by atoms with E-state index in [1.165, 1.54) is 24.5 Å². The second-order valence-corrected chi connectivity index (χ2v) is 8.83. The van der Waals surface area contributed by atoms with Gasteiger partial charge in [-0.25, -0.2) is 9.97 Å². The van der Waals surface area contributed by atoms with E-state index in [-0.39, 0.29) is 30.2 Å². The Hall–Kier alpha value is -3.08. The van der Waals surface area contributed by atoms with Gasteiger partial charge in [0.15, 0.2) is 0 Å². The van der Waals surface area contributed by atoms with Crippen molar-refractivity contribution in [1.82, 2.24) is 14.9 Å². The maximum Gasteiger partial charge on any atom is 0.573 e. The van der Waals surface area contributed by atoms with Crippen LogP contribution in [0.3, 0.4) is 0 Å². The number of alkyl halides is 3. The van der Waals surface area contributed by atoms with Crippen LogP contribution >= 0.6 is 0 Å². The van der Waals surface area contributed by atoms with Crippen molar-refractivity contribution in [3.8, 4) is 5.75 Å². The van der Waals surface area contributed by atoms with Gasteiger partial charge in [-0.15, -0.1) is 13.2 Å². The molecule has 2 saturated heterocycles. The van der Waals surface area contributed by atoms with Crippen LogP contribution in [0.4, 0.5) is 24.8 Å². The fourth-order valence-electron chi connectivity index (χ4n) is 3.94. The highest BCUT2D eigenvalue weighted by Gasteiger charge is 2.42. The average molecular weight is 465 g/mol. The largest absolute Gasteiger partial charge is 0.573 e. The number of aliphatic hydroxyl groups is 1. The van der Waals surface area contributed by atoms with Gasteiger partial charge in [-0.2, -0.15) is 0 Å². The number of ether oxygens (including phenoxy) is 1. The molecule has 1 aromatic carbocycles. The highest BCUT2D eigenvalue weighted by Crippen LogP contribution is 2.31. The summed E-state index contributed by atoms with van der Waals surface area (Å²) in [7, 11) is 0. The van der Waals surface area contributed by atoms with Crippen LogP contribution in [-0.2, 0) is 6.54 Å². The minimum absolute atomic E-state index is 0.177. The molecule has 0 saturated carbocycles. The van der Waals surface area contributed by atoms with Crippen LogP contribution in [0.2, 0.25) is 0 Å². The number of anilines is 2. The quantitative estimate of drug-likeness (QED) is 0.649. The van der Waals surface area contributed by atoms with Gasteiger partial charge in [0.1, 0.15) is 5.75 Å². The van der Waals surface area contributed by atoms with E-state index in [1.54, 1.807) is 24.8 Å². The Balaban J connectivity index is 1.42. The molecule has 2 fully saturated rings. The summed E-state index contributed by atoms with van der Waals surface area (Å²) in [6, 6.07) is 4.25. The molecule has 33 heavy (non-hydrogen) atoms. The first-order valence-corrected chi connectivity index (χ1v) is 10.7. The molecule has 2 aliphatic heterocycles. The minimum Gasteiger partial charge on any atom is -0.406 e.